The van der Waals surface area contributed by atoms with Crippen molar-refractivity contribution in [3.8, 4) is 5.75 Å². The number of benzene rings is 1. The van der Waals surface area contributed by atoms with E-state index in [-0.39, 0.29) is 42.1 Å². The standard InChI is InChI=1S/C24H28FN5O6S/c1-13-9-16(5-6-17(13)25)27-22(31)20-21-19(11-29(20)2)37(34,35)28-18-7-8-30(10-14(18)12-36-21)24(33)23(32)26-15-3-4-15/h5-6,9,11,14-15,18,28H,3-4,7-8,10,12H2,1-2H3,(H,26,32)(H,27,31)/t14-,18+/m0/s1. The van der Waals surface area contributed by atoms with E-state index in [1.54, 1.807) is 6.92 Å². The number of anilines is 1. The zero-order valence-corrected chi connectivity index (χ0v) is 21.2. The van der Waals surface area contributed by atoms with Crippen molar-refractivity contribution in [2.75, 3.05) is 25.0 Å². The number of rotatable bonds is 3. The number of hydrogen-bond acceptors (Lipinski definition) is 6. The van der Waals surface area contributed by atoms with Gasteiger partial charge in [0.1, 0.15) is 10.7 Å². The van der Waals surface area contributed by atoms with Gasteiger partial charge >= 0.3 is 11.8 Å². The molecule has 3 heterocycles. The number of hydrogen-bond donors (Lipinski definition) is 3. The van der Waals surface area contributed by atoms with Crippen LogP contribution in [0.1, 0.15) is 35.3 Å². The molecule has 1 aromatic carbocycles. The third kappa shape index (κ3) is 5.05. The summed E-state index contributed by atoms with van der Waals surface area (Å²) in [5.74, 6) is -2.90. The summed E-state index contributed by atoms with van der Waals surface area (Å²) >= 11 is 0. The lowest BCUT2D eigenvalue weighted by molar-refractivity contribution is -0.147. The van der Waals surface area contributed by atoms with E-state index in [0.717, 1.165) is 12.8 Å². The van der Waals surface area contributed by atoms with Gasteiger partial charge in [0, 0.05) is 50.0 Å². The second kappa shape index (κ2) is 9.45. The monoisotopic (exact) mass is 533 g/mol. The summed E-state index contributed by atoms with van der Waals surface area (Å²) in [5, 5.41) is 5.34. The van der Waals surface area contributed by atoms with Crippen molar-refractivity contribution in [2.45, 2.75) is 43.2 Å². The van der Waals surface area contributed by atoms with Crippen LogP contribution < -0.4 is 20.1 Å². The summed E-state index contributed by atoms with van der Waals surface area (Å²) in [6.07, 6.45) is 3.34. The number of ether oxygens (including phenoxy) is 1. The molecule has 1 saturated heterocycles. The molecule has 0 bridgehead atoms. The first-order valence-corrected chi connectivity index (χ1v) is 13.5. The number of fused-ring (bicyclic) bond motifs is 2. The lowest BCUT2D eigenvalue weighted by Crippen LogP contribution is -2.56. The molecule has 3 amide bonds. The fourth-order valence-corrected chi connectivity index (χ4v) is 6.23. The van der Waals surface area contributed by atoms with Crippen molar-refractivity contribution in [2.24, 2.45) is 13.0 Å². The lowest BCUT2D eigenvalue weighted by Gasteiger charge is -2.39. The van der Waals surface area contributed by atoms with Crippen molar-refractivity contribution in [1.82, 2.24) is 19.5 Å². The van der Waals surface area contributed by atoms with E-state index < -0.39 is 45.5 Å². The van der Waals surface area contributed by atoms with Crippen molar-refractivity contribution < 1.29 is 31.9 Å². The molecule has 5 rings (SSSR count). The third-order valence-electron chi connectivity index (χ3n) is 6.90. The van der Waals surface area contributed by atoms with Crippen LogP contribution in [0.3, 0.4) is 0 Å². The Labute approximate surface area is 213 Å². The summed E-state index contributed by atoms with van der Waals surface area (Å²) in [6.45, 7) is 1.94. The summed E-state index contributed by atoms with van der Waals surface area (Å²) in [4.78, 5) is 39.3. The molecule has 37 heavy (non-hydrogen) atoms. The fourth-order valence-electron chi connectivity index (χ4n) is 4.70. The first kappa shape index (κ1) is 25.2. The van der Waals surface area contributed by atoms with Crippen LogP contribution in [-0.2, 0) is 26.7 Å². The van der Waals surface area contributed by atoms with Crippen LogP contribution in [0.4, 0.5) is 10.1 Å². The van der Waals surface area contributed by atoms with Gasteiger partial charge < -0.3 is 24.8 Å². The lowest BCUT2D eigenvalue weighted by atomic mass is 9.93. The predicted molar refractivity (Wildman–Crippen MR) is 130 cm³/mol. The van der Waals surface area contributed by atoms with Crippen molar-refractivity contribution in [1.29, 1.82) is 0 Å². The molecule has 0 spiro atoms. The molecule has 2 aliphatic heterocycles. The van der Waals surface area contributed by atoms with Gasteiger partial charge in [0.15, 0.2) is 11.4 Å². The molecule has 1 aliphatic carbocycles. The SMILES string of the molecule is Cc1cc(NC(=O)c2c3c(cn2C)S(=O)(=O)N[C@@H]2CCN(C(=O)C(=O)NC4CC4)C[C@H]2CO3)ccc1F. The van der Waals surface area contributed by atoms with Crippen LogP contribution >= 0.6 is 0 Å². The third-order valence-corrected chi connectivity index (χ3v) is 8.38. The number of piperidine rings is 1. The van der Waals surface area contributed by atoms with Gasteiger partial charge in [-0.3, -0.25) is 14.4 Å². The van der Waals surface area contributed by atoms with Crippen molar-refractivity contribution in [3.05, 3.63) is 41.5 Å². The molecule has 0 unspecified atom stereocenters. The Bertz CT molecular complexity index is 1390. The highest BCUT2D eigenvalue weighted by Crippen LogP contribution is 2.35. The minimum Gasteiger partial charge on any atom is -0.489 e. The van der Waals surface area contributed by atoms with Crippen LogP contribution in [0.2, 0.25) is 0 Å². The first-order valence-electron chi connectivity index (χ1n) is 12.0. The van der Waals surface area contributed by atoms with Crippen LogP contribution in [0.5, 0.6) is 5.75 Å². The van der Waals surface area contributed by atoms with E-state index in [2.05, 4.69) is 15.4 Å². The molecule has 0 radical (unpaired) electrons. The van der Waals surface area contributed by atoms with Gasteiger partial charge in [0.2, 0.25) is 10.0 Å². The van der Waals surface area contributed by atoms with Gasteiger partial charge in [-0.2, -0.15) is 0 Å². The minimum atomic E-state index is -4.06. The summed E-state index contributed by atoms with van der Waals surface area (Å²) in [7, 11) is -2.53. The van der Waals surface area contributed by atoms with Crippen LogP contribution in [-0.4, -0.2) is 67.4 Å². The molecule has 2 atom stereocenters. The van der Waals surface area contributed by atoms with E-state index in [4.69, 9.17) is 4.74 Å². The fraction of sp³-hybridized carbons (Fsp3) is 0.458. The zero-order chi connectivity index (χ0) is 26.5. The highest BCUT2D eigenvalue weighted by atomic mass is 32.2. The average Bonchev–Trinajstić information content (AvgIpc) is 3.59. The summed E-state index contributed by atoms with van der Waals surface area (Å²) < 4.78 is 50.2. The number of aryl methyl sites for hydroxylation is 2. The number of halogens is 1. The first-order chi connectivity index (χ1) is 17.5. The summed E-state index contributed by atoms with van der Waals surface area (Å²) in [5.41, 5.74) is 0.668. The number of sulfonamides is 1. The maximum atomic E-state index is 13.6. The topological polar surface area (TPSA) is 139 Å². The van der Waals surface area contributed by atoms with E-state index in [1.807, 2.05) is 0 Å². The number of nitrogens with zero attached hydrogens (tertiary/aromatic N) is 2. The molecule has 13 heteroatoms. The minimum absolute atomic E-state index is 0.0200. The van der Waals surface area contributed by atoms with Gasteiger partial charge in [-0.1, -0.05) is 0 Å². The Morgan fingerprint density at radius 1 is 1.19 bits per heavy atom. The van der Waals surface area contributed by atoms with Gasteiger partial charge in [-0.05, 0) is 49.9 Å². The summed E-state index contributed by atoms with van der Waals surface area (Å²) in [6, 6.07) is 3.64. The average molecular weight is 534 g/mol. The largest absolute Gasteiger partial charge is 0.489 e. The van der Waals surface area contributed by atoms with E-state index in [0.29, 0.717) is 17.7 Å². The zero-order valence-electron chi connectivity index (χ0n) is 20.4. The quantitative estimate of drug-likeness (QED) is 0.501. The second-order valence-corrected chi connectivity index (χ2v) is 11.5. The van der Waals surface area contributed by atoms with Gasteiger partial charge in [0.05, 0.1) is 6.61 Å². The van der Waals surface area contributed by atoms with E-state index in [9.17, 15) is 27.2 Å². The molecule has 198 valence electrons. The molecular weight excluding hydrogens is 505 g/mol. The normalized spacial score (nSPS) is 22.5. The van der Waals surface area contributed by atoms with E-state index in [1.165, 1.54) is 40.9 Å². The molecule has 11 nitrogen and oxygen atoms in total. The van der Waals surface area contributed by atoms with Gasteiger partial charge in [-0.25, -0.2) is 17.5 Å². The second-order valence-electron chi connectivity index (χ2n) is 9.79. The molecule has 2 aromatic rings. The molecule has 1 aromatic heterocycles. The number of aromatic nitrogens is 1. The van der Waals surface area contributed by atoms with Crippen molar-refractivity contribution >= 4 is 33.4 Å². The van der Waals surface area contributed by atoms with Gasteiger partial charge in [0.25, 0.3) is 5.91 Å². The smallest absolute Gasteiger partial charge is 0.311 e. The highest BCUT2D eigenvalue weighted by molar-refractivity contribution is 7.89. The van der Waals surface area contributed by atoms with E-state index >= 15 is 0 Å². The Balaban J connectivity index is 1.38. The van der Waals surface area contributed by atoms with Gasteiger partial charge in [-0.15, -0.1) is 0 Å². The number of nitrogens with one attached hydrogen (secondary N) is 3. The van der Waals surface area contributed by atoms with Crippen LogP contribution in [0.25, 0.3) is 0 Å². The Hall–Kier alpha value is -3.45. The Morgan fingerprint density at radius 3 is 2.65 bits per heavy atom. The van der Waals surface area contributed by atoms with Crippen LogP contribution in [0.15, 0.2) is 29.3 Å². The van der Waals surface area contributed by atoms with Crippen molar-refractivity contribution in [3.63, 3.8) is 0 Å². The Morgan fingerprint density at radius 2 is 1.95 bits per heavy atom. The predicted octanol–water partition coefficient (Wildman–Crippen LogP) is 0.891. The molecule has 2 fully saturated rings. The Kier molecular flexibility index (Phi) is 6.44. The molecular formula is C24H28FN5O6S. The molecule has 3 N–H and O–H groups in total. The maximum absolute atomic E-state index is 13.6. The number of carbonyl (C=O) groups is 3. The number of amides is 3. The van der Waals surface area contributed by atoms with Crippen LogP contribution in [0, 0.1) is 18.7 Å². The molecule has 3 aliphatic rings. The number of carbonyl (C=O) groups excluding carboxylic acids is 3. The molecule has 1 saturated carbocycles. The highest BCUT2D eigenvalue weighted by Gasteiger charge is 2.41. The maximum Gasteiger partial charge on any atom is 0.311 e. The number of likely N-dealkylation sites (tertiary alicyclic amines) is 1.